The van der Waals surface area contributed by atoms with Gasteiger partial charge in [0.25, 0.3) is 0 Å². The van der Waals surface area contributed by atoms with E-state index in [0.717, 1.165) is 48.3 Å². The lowest BCUT2D eigenvalue weighted by atomic mass is 9.47. The van der Waals surface area contributed by atoms with Gasteiger partial charge in [0.15, 0.2) is 0 Å². The largest absolute Gasteiger partial charge is 0.481 e. The summed E-state index contributed by atoms with van der Waals surface area (Å²) in [6, 6.07) is 0. The third kappa shape index (κ3) is 6.34. The smallest absolute Gasteiger partial charge is 0.303 e. The molecule has 0 saturated heterocycles. The molecule has 4 aliphatic rings. The number of aliphatic carboxylic acids is 1. The van der Waals surface area contributed by atoms with Crippen LogP contribution in [0.2, 0.25) is 0 Å². The second-order valence-corrected chi connectivity index (χ2v) is 14.3. The summed E-state index contributed by atoms with van der Waals surface area (Å²) in [4.78, 5) is 22.4. The van der Waals surface area contributed by atoms with Crippen LogP contribution in [0.5, 0.6) is 0 Å². The quantitative estimate of drug-likeness (QED) is 0.204. The number of carbonyl (C=O) groups excluding carboxylic acids is 1. The van der Waals surface area contributed by atoms with Crippen molar-refractivity contribution >= 4 is 11.9 Å². The Balaban J connectivity index is 1.30. The normalized spacial score (nSPS) is 37.1. The summed E-state index contributed by atoms with van der Waals surface area (Å²) in [6.45, 7) is 13.5. The van der Waals surface area contributed by atoms with Crippen molar-refractivity contribution in [3.05, 3.63) is 11.6 Å². The molecule has 4 rings (SSSR count). The molecule has 3 saturated carbocycles. The molecule has 0 spiro atoms. The maximum absolute atomic E-state index is 11.8. The fourth-order valence-corrected chi connectivity index (χ4v) is 9.52. The molecule has 0 aromatic heterocycles. The number of rotatable bonds is 12. The first-order valence-electron chi connectivity index (χ1n) is 15.8. The summed E-state index contributed by atoms with van der Waals surface area (Å²) >= 11 is 0. The van der Waals surface area contributed by atoms with E-state index in [-0.39, 0.29) is 24.9 Å². The van der Waals surface area contributed by atoms with Crippen molar-refractivity contribution in [2.45, 2.75) is 124 Å². The number of carboxylic acid groups (broad SMARTS) is 1. The Morgan fingerprint density at radius 2 is 1.84 bits per heavy atom. The van der Waals surface area contributed by atoms with E-state index >= 15 is 0 Å². The van der Waals surface area contributed by atoms with Crippen molar-refractivity contribution in [1.29, 1.82) is 0 Å². The molecule has 3 fully saturated rings. The van der Waals surface area contributed by atoms with Crippen LogP contribution < -0.4 is 5.32 Å². The second-order valence-electron chi connectivity index (χ2n) is 14.3. The van der Waals surface area contributed by atoms with E-state index in [4.69, 9.17) is 9.84 Å². The molecule has 1 amide bonds. The van der Waals surface area contributed by atoms with Crippen LogP contribution in [0.1, 0.15) is 118 Å². The molecule has 0 aromatic rings. The Kier molecular flexibility index (Phi) is 9.69. The molecule has 3 unspecified atom stereocenters. The second kappa shape index (κ2) is 12.4. The number of carbonyl (C=O) groups is 2. The Morgan fingerprint density at radius 1 is 1.05 bits per heavy atom. The number of carboxylic acids is 1. The van der Waals surface area contributed by atoms with Gasteiger partial charge in [0.05, 0.1) is 19.1 Å². The number of hydrogen-bond acceptors (Lipinski definition) is 3. The molecule has 4 aliphatic carbocycles. The molecule has 0 aliphatic heterocycles. The van der Waals surface area contributed by atoms with Gasteiger partial charge in [-0.3, -0.25) is 9.59 Å². The van der Waals surface area contributed by atoms with Crippen LogP contribution in [0, 0.1) is 46.3 Å². The predicted octanol–water partition coefficient (Wildman–Crippen LogP) is 7.39. The zero-order chi connectivity index (χ0) is 27.5. The van der Waals surface area contributed by atoms with Gasteiger partial charge in [-0.25, -0.2) is 0 Å². The van der Waals surface area contributed by atoms with Gasteiger partial charge in [0.2, 0.25) is 5.91 Å². The van der Waals surface area contributed by atoms with Crippen LogP contribution in [-0.4, -0.2) is 36.2 Å². The first-order valence-corrected chi connectivity index (χ1v) is 15.8. The third-order valence-corrected chi connectivity index (χ3v) is 11.6. The van der Waals surface area contributed by atoms with Gasteiger partial charge in [-0.1, -0.05) is 65.5 Å². The van der Waals surface area contributed by atoms with E-state index in [9.17, 15) is 9.59 Å². The maximum atomic E-state index is 11.8. The first-order chi connectivity index (χ1) is 18.0. The Hall–Kier alpha value is -1.36. The molecular weight excluding hydrogens is 474 g/mol. The maximum Gasteiger partial charge on any atom is 0.303 e. The van der Waals surface area contributed by atoms with Gasteiger partial charge < -0.3 is 15.2 Å². The van der Waals surface area contributed by atoms with Gasteiger partial charge in [0, 0.05) is 13.0 Å². The molecule has 5 nitrogen and oxygen atoms in total. The number of fused-ring (bicyclic) bond motifs is 5. The highest BCUT2D eigenvalue weighted by Gasteiger charge is 2.59. The van der Waals surface area contributed by atoms with Gasteiger partial charge in [0.1, 0.15) is 0 Å². The highest BCUT2D eigenvalue weighted by molar-refractivity contribution is 5.80. The SMILES string of the molecule is CC(C)CCC[C@@H](C)[C@H]1CCC2C3CC=C4C[C@@H](OCCNC(=O)CCC(=O)O)CC[C@]4(C)C3CC[C@@]21C. The van der Waals surface area contributed by atoms with Crippen molar-refractivity contribution in [2.75, 3.05) is 13.2 Å². The van der Waals surface area contributed by atoms with Crippen LogP contribution in [-0.2, 0) is 14.3 Å². The number of amides is 1. The summed E-state index contributed by atoms with van der Waals surface area (Å²) in [6.07, 6.45) is 17.3. The van der Waals surface area contributed by atoms with E-state index in [1.54, 1.807) is 5.57 Å². The van der Waals surface area contributed by atoms with Crippen molar-refractivity contribution in [3.63, 3.8) is 0 Å². The van der Waals surface area contributed by atoms with Crippen LogP contribution in [0.15, 0.2) is 11.6 Å². The third-order valence-electron chi connectivity index (χ3n) is 11.6. The van der Waals surface area contributed by atoms with E-state index in [2.05, 4.69) is 46.0 Å². The lowest BCUT2D eigenvalue weighted by Gasteiger charge is -2.58. The summed E-state index contributed by atoms with van der Waals surface area (Å²) in [5, 5.41) is 11.5. The lowest BCUT2D eigenvalue weighted by molar-refractivity contribution is -0.138. The Labute approximate surface area is 231 Å². The van der Waals surface area contributed by atoms with Crippen molar-refractivity contribution < 1.29 is 19.4 Å². The highest BCUT2D eigenvalue weighted by atomic mass is 16.5. The van der Waals surface area contributed by atoms with Gasteiger partial charge in [-0.2, -0.15) is 0 Å². The van der Waals surface area contributed by atoms with Gasteiger partial charge >= 0.3 is 5.97 Å². The minimum Gasteiger partial charge on any atom is -0.481 e. The molecule has 216 valence electrons. The highest BCUT2D eigenvalue weighted by Crippen LogP contribution is 2.67. The van der Waals surface area contributed by atoms with Gasteiger partial charge in [-0.15, -0.1) is 0 Å². The van der Waals surface area contributed by atoms with E-state index < -0.39 is 5.97 Å². The molecule has 8 atom stereocenters. The average Bonchev–Trinajstić information content (AvgIpc) is 3.22. The summed E-state index contributed by atoms with van der Waals surface area (Å²) in [7, 11) is 0. The predicted molar refractivity (Wildman–Crippen MR) is 153 cm³/mol. The number of allylic oxidation sites excluding steroid dienone is 1. The van der Waals surface area contributed by atoms with Crippen LogP contribution in [0.25, 0.3) is 0 Å². The topological polar surface area (TPSA) is 75.6 Å². The zero-order valence-electron chi connectivity index (χ0n) is 24.9. The molecule has 0 aromatic carbocycles. The Bertz CT molecular complexity index is 867. The molecule has 2 N–H and O–H groups in total. The van der Waals surface area contributed by atoms with Crippen LogP contribution in [0.3, 0.4) is 0 Å². The van der Waals surface area contributed by atoms with Crippen LogP contribution >= 0.6 is 0 Å². The van der Waals surface area contributed by atoms with E-state index in [1.807, 2.05) is 0 Å². The van der Waals surface area contributed by atoms with Crippen molar-refractivity contribution in [2.24, 2.45) is 46.3 Å². The minimum atomic E-state index is -0.938. The molecule has 5 heteroatoms. The lowest BCUT2D eigenvalue weighted by Crippen LogP contribution is -2.51. The number of ether oxygens (including phenoxy) is 1. The van der Waals surface area contributed by atoms with Crippen LogP contribution in [0.4, 0.5) is 0 Å². The minimum absolute atomic E-state index is 0.0321. The molecular formula is C33H55NO4. The standard InChI is InChI=1S/C33H55NO4/c1-22(2)7-6-8-23(3)27-11-12-28-26-10-9-24-21-25(38-20-19-34-30(35)13-14-31(36)37)15-17-32(24,4)29(26)16-18-33(27,28)5/h9,22-23,25-29H,6-8,10-21H2,1-5H3,(H,34,35)(H,36,37)/t23-,25+,26?,27-,28?,29?,32+,33-/m1/s1. The number of hydrogen-bond donors (Lipinski definition) is 2. The van der Waals surface area contributed by atoms with E-state index in [0.29, 0.717) is 24.0 Å². The zero-order valence-corrected chi connectivity index (χ0v) is 24.9. The number of nitrogens with one attached hydrogen (secondary N) is 1. The fourth-order valence-electron chi connectivity index (χ4n) is 9.52. The fraction of sp³-hybridized carbons (Fsp3) is 0.879. The summed E-state index contributed by atoms with van der Waals surface area (Å²) in [5.41, 5.74) is 2.51. The van der Waals surface area contributed by atoms with E-state index in [1.165, 1.54) is 57.8 Å². The molecule has 38 heavy (non-hydrogen) atoms. The molecule has 0 radical (unpaired) electrons. The Morgan fingerprint density at radius 3 is 2.58 bits per heavy atom. The average molecular weight is 530 g/mol. The summed E-state index contributed by atoms with van der Waals surface area (Å²) in [5.74, 6) is 4.02. The first kappa shape index (κ1) is 29.6. The molecule has 0 bridgehead atoms. The summed E-state index contributed by atoms with van der Waals surface area (Å²) < 4.78 is 6.19. The van der Waals surface area contributed by atoms with Crippen molar-refractivity contribution in [3.8, 4) is 0 Å². The molecule has 0 heterocycles. The monoisotopic (exact) mass is 529 g/mol. The van der Waals surface area contributed by atoms with Crippen molar-refractivity contribution in [1.82, 2.24) is 5.32 Å². The van der Waals surface area contributed by atoms with Gasteiger partial charge in [-0.05, 0) is 97.7 Å².